The summed E-state index contributed by atoms with van der Waals surface area (Å²) in [5.41, 5.74) is -0.717. The monoisotopic (exact) mass is 382 g/mol. The maximum absolute atomic E-state index is 13.2. The molecule has 0 bridgehead atoms. The number of rotatable bonds is 2. The molecule has 7 heteroatoms. The Kier molecular flexibility index (Phi) is 3.62. The minimum absolute atomic E-state index is 0.270. The fourth-order valence-electron chi connectivity index (χ4n) is 2.02. The first-order valence-electron chi connectivity index (χ1n) is 6.12. The summed E-state index contributed by atoms with van der Waals surface area (Å²) in [5, 5.41) is 0.448. The molecule has 0 fully saturated rings. The van der Waals surface area contributed by atoms with E-state index >= 15 is 0 Å². The Morgan fingerprint density at radius 2 is 1.82 bits per heavy atom. The first-order valence-corrected chi connectivity index (χ1v) is 8.39. The van der Waals surface area contributed by atoms with Crippen molar-refractivity contribution < 1.29 is 17.2 Å². The van der Waals surface area contributed by atoms with Crippen molar-refractivity contribution in [3.05, 3.63) is 69.2 Å². The average Bonchev–Trinajstić information content (AvgIpc) is 2.47. The summed E-state index contributed by atoms with van der Waals surface area (Å²) < 4.78 is 44.0. The molecule has 0 aliphatic heterocycles. The number of benzene rings is 2. The highest BCUT2D eigenvalue weighted by Gasteiger charge is 2.23. The standard InChI is InChI=1S/C15H8BrFO4S/c16-10-4-5-13-9(6-10)7-14(15(18)21-13)22(19,20)12-3-1-2-11(17)8-12/h1-8H. The van der Waals surface area contributed by atoms with E-state index in [-0.39, 0.29) is 10.5 Å². The van der Waals surface area contributed by atoms with Crippen LogP contribution in [-0.4, -0.2) is 8.42 Å². The van der Waals surface area contributed by atoms with Crippen LogP contribution in [0.3, 0.4) is 0 Å². The van der Waals surface area contributed by atoms with E-state index in [1.165, 1.54) is 18.2 Å². The Balaban J connectivity index is 2.29. The van der Waals surface area contributed by atoms with Crippen LogP contribution in [0, 0.1) is 5.82 Å². The highest BCUT2D eigenvalue weighted by atomic mass is 79.9. The number of halogens is 2. The zero-order chi connectivity index (χ0) is 15.9. The molecule has 2 aromatic carbocycles. The molecule has 112 valence electrons. The van der Waals surface area contributed by atoms with E-state index in [1.54, 1.807) is 18.2 Å². The van der Waals surface area contributed by atoms with Crippen molar-refractivity contribution in [2.75, 3.05) is 0 Å². The molecule has 1 heterocycles. The van der Waals surface area contributed by atoms with Gasteiger partial charge in [0.2, 0.25) is 9.84 Å². The SMILES string of the molecule is O=c1oc2ccc(Br)cc2cc1S(=O)(=O)c1cccc(F)c1. The van der Waals surface area contributed by atoms with Gasteiger partial charge in [-0.1, -0.05) is 22.0 Å². The molecule has 1 aromatic heterocycles. The van der Waals surface area contributed by atoms with Crippen molar-refractivity contribution >= 4 is 36.7 Å². The third-order valence-electron chi connectivity index (χ3n) is 3.06. The van der Waals surface area contributed by atoms with Crippen LogP contribution < -0.4 is 5.63 Å². The van der Waals surface area contributed by atoms with Crippen molar-refractivity contribution in [3.8, 4) is 0 Å². The van der Waals surface area contributed by atoms with E-state index in [0.29, 0.717) is 9.86 Å². The molecule has 0 amide bonds. The fourth-order valence-corrected chi connectivity index (χ4v) is 3.73. The summed E-state index contributed by atoms with van der Waals surface area (Å²) in [6.07, 6.45) is 0. The average molecular weight is 383 g/mol. The Morgan fingerprint density at radius 3 is 2.55 bits per heavy atom. The summed E-state index contributed by atoms with van der Waals surface area (Å²) in [7, 11) is -4.16. The van der Waals surface area contributed by atoms with Gasteiger partial charge in [-0.15, -0.1) is 0 Å². The molecule has 0 N–H and O–H groups in total. The highest BCUT2D eigenvalue weighted by Crippen LogP contribution is 2.24. The summed E-state index contributed by atoms with van der Waals surface area (Å²) in [6, 6.07) is 10.6. The summed E-state index contributed by atoms with van der Waals surface area (Å²) in [6.45, 7) is 0. The Bertz CT molecular complexity index is 1040. The minimum Gasteiger partial charge on any atom is -0.422 e. The topological polar surface area (TPSA) is 64.3 Å². The molecule has 0 saturated carbocycles. The van der Waals surface area contributed by atoms with Crippen molar-refractivity contribution in [1.82, 2.24) is 0 Å². The van der Waals surface area contributed by atoms with Gasteiger partial charge in [0.15, 0.2) is 4.90 Å². The Hall–Kier alpha value is -1.99. The molecule has 0 aliphatic carbocycles. The van der Waals surface area contributed by atoms with Crippen LogP contribution in [-0.2, 0) is 9.84 Å². The van der Waals surface area contributed by atoms with E-state index in [9.17, 15) is 17.6 Å². The van der Waals surface area contributed by atoms with E-state index in [1.807, 2.05) is 0 Å². The lowest BCUT2D eigenvalue weighted by atomic mass is 10.2. The van der Waals surface area contributed by atoms with Crippen molar-refractivity contribution in [3.63, 3.8) is 0 Å². The van der Waals surface area contributed by atoms with Gasteiger partial charge in [0.05, 0.1) is 4.90 Å². The van der Waals surface area contributed by atoms with Crippen LogP contribution in [0.5, 0.6) is 0 Å². The number of fused-ring (bicyclic) bond motifs is 1. The zero-order valence-corrected chi connectivity index (χ0v) is 13.3. The Morgan fingerprint density at radius 1 is 1.05 bits per heavy atom. The van der Waals surface area contributed by atoms with Crippen molar-refractivity contribution in [2.45, 2.75) is 9.79 Å². The zero-order valence-electron chi connectivity index (χ0n) is 10.9. The molecule has 0 saturated heterocycles. The lowest BCUT2D eigenvalue weighted by molar-refractivity contribution is 0.532. The van der Waals surface area contributed by atoms with E-state index in [0.717, 1.165) is 12.1 Å². The third kappa shape index (κ3) is 2.57. The second kappa shape index (κ2) is 5.33. The summed E-state index contributed by atoms with van der Waals surface area (Å²) >= 11 is 3.26. The second-order valence-corrected chi connectivity index (χ2v) is 7.37. The molecule has 0 atom stereocenters. The van der Waals surface area contributed by atoms with Crippen LogP contribution in [0.1, 0.15) is 0 Å². The highest BCUT2D eigenvalue weighted by molar-refractivity contribution is 9.10. The predicted octanol–water partition coefficient (Wildman–Crippen LogP) is 3.53. The molecule has 0 spiro atoms. The predicted molar refractivity (Wildman–Crippen MR) is 82.0 cm³/mol. The van der Waals surface area contributed by atoms with Crippen LogP contribution in [0.25, 0.3) is 11.0 Å². The van der Waals surface area contributed by atoms with Gasteiger partial charge >= 0.3 is 5.63 Å². The fraction of sp³-hybridized carbons (Fsp3) is 0. The molecule has 3 rings (SSSR count). The van der Waals surface area contributed by atoms with E-state index in [2.05, 4.69) is 15.9 Å². The molecule has 0 unspecified atom stereocenters. The first-order chi connectivity index (χ1) is 10.4. The molecule has 3 aromatic rings. The van der Waals surface area contributed by atoms with Gasteiger partial charge in [0.25, 0.3) is 0 Å². The molecular formula is C15H8BrFO4S. The van der Waals surface area contributed by atoms with Crippen LogP contribution in [0.2, 0.25) is 0 Å². The smallest absolute Gasteiger partial charge is 0.355 e. The van der Waals surface area contributed by atoms with Gasteiger partial charge in [-0.05, 0) is 42.5 Å². The first kappa shape index (κ1) is 14.9. The second-order valence-electron chi connectivity index (χ2n) is 4.54. The number of hydrogen-bond acceptors (Lipinski definition) is 4. The quantitative estimate of drug-likeness (QED) is 0.636. The van der Waals surface area contributed by atoms with Gasteiger partial charge in [0.1, 0.15) is 11.4 Å². The molecule has 4 nitrogen and oxygen atoms in total. The van der Waals surface area contributed by atoms with E-state index in [4.69, 9.17) is 4.42 Å². The normalized spacial score (nSPS) is 11.7. The maximum Gasteiger partial charge on any atom is 0.355 e. The van der Waals surface area contributed by atoms with Gasteiger partial charge < -0.3 is 4.42 Å². The minimum atomic E-state index is -4.16. The largest absolute Gasteiger partial charge is 0.422 e. The van der Waals surface area contributed by atoms with Gasteiger partial charge in [-0.2, -0.15) is 0 Å². The van der Waals surface area contributed by atoms with Gasteiger partial charge in [0, 0.05) is 9.86 Å². The van der Waals surface area contributed by atoms with Gasteiger partial charge in [-0.25, -0.2) is 17.6 Å². The van der Waals surface area contributed by atoms with Crippen LogP contribution in [0.4, 0.5) is 4.39 Å². The van der Waals surface area contributed by atoms with Crippen molar-refractivity contribution in [2.24, 2.45) is 0 Å². The van der Waals surface area contributed by atoms with Crippen molar-refractivity contribution in [1.29, 1.82) is 0 Å². The number of sulfone groups is 1. The van der Waals surface area contributed by atoms with Gasteiger partial charge in [-0.3, -0.25) is 0 Å². The Labute approximate surface area is 133 Å². The van der Waals surface area contributed by atoms with Crippen LogP contribution in [0.15, 0.2) is 72.0 Å². The molecule has 0 aliphatic rings. The third-order valence-corrected chi connectivity index (χ3v) is 5.29. The summed E-state index contributed by atoms with van der Waals surface area (Å²) in [5.74, 6) is -0.700. The van der Waals surface area contributed by atoms with Crippen LogP contribution >= 0.6 is 15.9 Å². The van der Waals surface area contributed by atoms with E-state index < -0.39 is 26.2 Å². The lowest BCUT2D eigenvalue weighted by Gasteiger charge is -2.05. The molecule has 0 radical (unpaired) electrons. The maximum atomic E-state index is 13.2. The number of hydrogen-bond donors (Lipinski definition) is 0. The molecular weight excluding hydrogens is 375 g/mol. The lowest BCUT2D eigenvalue weighted by Crippen LogP contribution is -2.14. The summed E-state index contributed by atoms with van der Waals surface area (Å²) in [4.78, 5) is 11.2. The molecule has 22 heavy (non-hydrogen) atoms.